The van der Waals surface area contributed by atoms with Gasteiger partial charge in [-0.2, -0.15) is 0 Å². The lowest BCUT2D eigenvalue weighted by atomic mass is 10.2. The van der Waals surface area contributed by atoms with Crippen LogP contribution < -0.4 is 10.2 Å². The first-order valence-corrected chi connectivity index (χ1v) is 6.57. The van der Waals surface area contributed by atoms with Gasteiger partial charge in [-0.15, -0.1) is 0 Å². The SMILES string of the molecule is CN(C)c1ccc(CNC(=O)Cc2cccnc2)cc1. The summed E-state index contributed by atoms with van der Waals surface area (Å²) >= 11 is 0. The first-order valence-electron chi connectivity index (χ1n) is 6.57. The molecule has 0 saturated heterocycles. The Morgan fingerprint density at radius 1 is 1.15 bits per heavy atom. The molecule has 0 aliphatic heterocycles. The van der Waals surface area contributed by atoms with Crippen LogP contribution in [0, 0.1) is 0 Å². The molecule has 1 heterocycles. The number of carbonyl (C=O) groups excluding carboxylic acids is 1. The van der Waals surface area contributed by atoms with E-state index < -0.39 is 0 Å². The van der Waals surface area contributed by atoms with E-state index in [9.17, 15) is 4.79 Å². The fourth-order valence-electron chi connectivity index (χ4n) is 1.86. The highest BCUT2D eigenvalue weighted by Gasteiger charge is 2.03. The number of rotatable bonds is 5. The van der Waals surface area contributed by atoms with Crippen LogP contribution in [0.15, 0.2) is 48.8 Å². The number of nitrogens with zero attached hydrogens (tertiary/aromatic N) is 2. The third-order valence-electron chi connectivity index (χ3n) is 3.03. The molecule has 20 heavy (non-hydrogen) atoms. The molecule has 0 radical (unpaired) electrons. The average Bonchev–Trinajstić information content (AvgIpc) is 2.46. The van der Waals surface area contributed by atoms with E-state index in [0.717, 1.165) is 16.8 Å². The number of aromatic nitrogens is 1. The number of hydrogen-bond acceptors (Lipinski definition) is 3. The van der Waals surface area contributed by atoms with E-state index in [4.69, 9.17) is 0 Å². The summed E-state index contributed by atoms with van der Waals surface area (Å²) in [5.41, 5.74) is 3.17. The van der Waals surface area contributed by atoms with Crippen LogP contribution in [0.3, 0.4) is 0 Å². The second-order valence-electron chi connectivity index (χ2n) is 4.88. The minimum absolute atomic E-state index is 0.00897. The summed E-state index contributed by atoms with van der Waals surface area (Å²) in [5, 5.41) is 2.92. The Bertz CT molecular complexity index is 550. The molecular weight excluding hydrogens is 250 g/mol. The van der Waals surface area contributed by atoms with E-state index in [-0.39, 0.29) is 5.91 Å². The van der Waals surface area contributed by atoms with Crippen LogP contribution in [0.25, 0.3) is 0 Å². The molecule has 0 bridgehead atoms. The van der Waals surface area contributed by atoms with Crippen molar-refractivity contribution in [3.63, 3.8) is 0 Å². The Labute approximate surface area is 119 Å². The van der Waals surface area contributed by atoms with Crippen LogP contribution in [0.2, 0.25) is 0 Å². The highest BCUT2D eigenvalue weighted by atomic mass is 16.1. The van der Waals surface area contributed by atoms with Crippen molar-refractivity contribution < 1.29 is 4.79 Å². The molecule has 1 amide bonds. The van der Waals surface area contributed by atoms with Gasteiger partial charge in [0.2, 0.25) is 5.91 Å². The van der Waals surface area contributed by atoms with E-state index in [0.29, 0.717) is 13.0 Å². The molecule has 1 aromatic heterocycles. The summed E-state index contributed by atoms with van der Waals surface area (Å²) in [6.07, 6.45) is 3.78. The highest BCUT2D eigenvalue weighted by Crippen LogP contribution is 2.12. The van der Waals surface area contributed by atoms with E-state index in [1.165, 1.54) is 0 Å². The number of nitrogens with one attached hydrogen (secondary N) is 1. The fraction of sp³-hybridized carbons (Fsp3) is 0.250. The summed E-state index contributed by atoms with van der Waals surface area (Å²) in [7, 11) is 4.01. The van der Waals surface area contributed by atoms with Crippen molar-refractivity contribution in [2.75, 3.05) is 19.0 Å². The second kappa shape index (κ2) is 6.70. The summed E-state index contributed by atoms with van der Waals surface area (Å²) in [5.74, 6) is 0.00897. The Morgan fingerprint density at radius 2 is 1.90 bits per heavy atom. The molecule has 2 aromatic rings. The predicted molar refractivity (Wildman–Crippen MR) is 80.6 cm³/mol. The van der Waals surface area contributed by atoms with E-state index in [1.807, 2.05) is 55.4 Å². The van der Waals surface area contributed by atoms with E-state index in [2.05, 4.69) is 10.3 Å². The van der Waals surface area contributed by atoms with Crippen molar-refractivity contribution in [1.29, 1.82) is 0 Å². The van der Waals surface area contributed by atoms with Gasteiger partial charge in [-0.25, -0.2) is 0 Å². The maximum absolute atomic E-state index is 11.8. The molecule has 1 N–H and O–H groups in total. The highest BCUT2D eigenvalue weighted by molar-refractivity contribution is 5.78. The van der Waals surface area contributed by atoms with Crippen LogP contribution in [0.1, 0.15) is 11.1 Å². The Kier molecular flexibility index (Phi) is 4.71. The minimum atomic E-state index is 0.00897. The monoisotopic (exact) mass is 269 g/mol. The van der Waals surface area contributed by atoms with Crippen LogP contribution in [0.4, 0.5) is 5.69 Å². The maximum atomic E-state index is 11.8. The lowest BCUT2D eigenvalue weighted by molar-refractivity contribution is -0.120. The van der Waals surface area contributed by atoms with Gasteiger partial charge < -0.3 is 10.2 Å². The van der Waals surface area contributed by atoms with Crippen molar-refractivity contribution in [3.05, 3.63) is 59.9 Å². The lowest BCUT2D eigenvalue weighted by Crippen LogP contribution is -2.24. The Hall–Kier alpha value is -2.36. The summed E-state index contributed by atoms with van der Waals surface area (Å²) in [6, 6.07) is 11.9. The summed E-state index contributed by atoms with van der Waals surface area (Å²) < 4.78 is 0. The van der Waals surface area contributed by atoms with E-state index >= 15 is 0 Å². The first kappa shape index (κ1) is 14.1. The van der Waals surface area contributed by atoms with Gasteiger partial charge in [0.25, 0.3) is 0 Å². The normalized spacial score (nSPS) is 10.1. The molecule has 0 unspecified atom stereocenters. The summed E-state index contributed by atoms with van der Waals surface area (Å²) in [6.45, 7) is 0.548. The molecule has 0 aliphatic rings. The number of benzene rings is 1. The van der Waals surface area contributed by atoms with Crippen LogP contribution in [-0.4, -0.2) is 25.0 Å². The van der Waals surface area contributed by atoms with Gasteiger partial charge in [0.05, 0.1) is 6.42 Å². The third kappa shape index (κ3) is 4.09. The molecule has 0 aliphatic carbocycles. The summed E-state index contributed by atoms with van der Waals surface area (Å²) in [4.78, 5) is 17.9. The zero-order valence-electron chi connectivity index (χ0n) is 11.8. The van der Waals surface area contributed by atoms with Crippen LogP contribution in [-0.2, 0) is 17.8 Å². The molecule has 1 aromatic carbocycles. The molecule has 2 rings (SSSR count). The number of anilines is 1. The second-order valence-corrected chi connectivity index (χ2v) is 4.88. The van der Waals surface area contributed by atoms with Gasteiger partial charge in [0.1, 0.15) is 0 Å². The Balaban J connectivity index is 1.84. The molecule has 0 atom stereocenters. The van der Waals surface area contributed by atoms with Gasteiger partial charge in [0.15, 0.2) is 0 Å². The molecule has 0 saturated carbocycles. The number of carbonyl (C=O) groups is 1. The minimum Gasteiger partial charge on any atom is -0.378 e. The number of pyridine rings is 1. The average molecular weight is 269 g/mol. The fourth-order valence-corrected chi connectivity index (χ4v) is 1.86. The quantitative estimate of drug-likeness (QED) is 0.903. The van der Waals surface area contributed by atoms with Gasteiger partial charge in [-0.3, -0.25) is 9.78 Å². The molecule has 0 fully saturated rings. The van der Waals surface area contributed by atoms with Gasteiger partial charge >= 0.3 is 0 Å². The zero-order chi connectivity index (χ0) is 14.4. The topological polar surface area (TPSA) is 45.2 Å². The van der Waals surface area contributed by atoms with Crippen molar-refractivity contribution >= 4 is 11.6 Å². The standard InChI is InChI=1S/C16H19N3O/c1-19(2)15-7-5-13(6-8-15)12-18-16(20)10-14-4-3-9-17-11-14/h3-9,11H,10,12H2,1-2H3,(H,18,20). The number of amides is 1. The molecule has 4 heteroatoms. The largest absolute Gasteiger partial charge is 0.378 e. The smallest absolute Gasteiger partial charge is 0.224 e. The molecular formula is C16H19N3O. The van der Waals surface area contributed by atoms with Gasteiger partial charge in [-0.05, 0) is 29.3 Å². The predicted octanol–water partition coefficient (Wildman–Crippen LogP) is 2.01. The zero-order valence-corrected chi connectivity index (χ0v) is 11.8. The van der Waals surface area contributed by atoms with Gasteiger partial charge in [0, 0.05) is 38.7 Å². The first-order chi connectivity index (χ1) is 9.65. The van der Waals surface area contributed by atoms with E-state index in [1.54, 1.807) is 12.4 Å². The van der Waals surface area contributed by atoms with Gasteiger partial charge in [-0.1, -0.05) is 18.2 Å². The van der Waals surface area contributed by atoms with Crippen LogP contribution >= 0.6 is 0 Å². The maximum Gasteiger partial charge on any atom is 0.224 e. The van der Waals surface area contributed by atoms with Crippen molar-refractivity contribution in [3.8, 4) is 0 Å². The van der Waals surface area contributed by atoms with Crippen LogP contribution in [0.5, 0.6) is 0 Å². The molecule has 4 nitrogen and oxygen atoms in total. The van der Waals surface area contributed by atoms with Crippen molar-refractivity contribution in [2.45, 2.75) is 13.0 Å². The molecule has 0 spiro atoms. The Morgan fingerprint density at radius 3 is 2.50 bits per heavy atom. The molecule has 104 valence electrons. The lowest BCUT2D eigenvalue weighted by Gasteiger charge is -2.13. The third-order valence-corrected chi connectivity index (χ3v) is 3.03. The van der Waals surface area contributed by atoms with Crippen molar-refractivity contribution in [1.82, 2.24) is 10.3 Å². The number of hydrogen-bond donors (Lipinski definition) is 1. The van der Waals surface area contributed by atoms with Crippen molar-refractivity contribution in [2.24, 2.45) is 0 Å².